The van der Waals surface area contributed by atoms with Gasteiger partial charge in [0.1, 0.15) is 0 Å². The average Bonchev–Trinajstić information content (AvgIpc) is 2.73. The average molecular weight is 526 g/mol. The Kier molecular flexibility index (Phi) is 9.01. The van der Waals surface area contributed by atoms with Crippen molar-refractivity contribution in [3.8, 4) is 17.4 Å². The number of nitrogens with zero attached hydrogens (tertiary/aromatic N) is 3. The Labute approximate surface area is 195 Å². The third-order valence-electron chi connectivity index (χ3n) is 4.83. The maximum atomic E-state index is 5.60. The van der Waals surface area contributed by atoms with Crippen LogP contribution in [0.15, 0.2) is 35.5 Å². The predicted molar refractivity (Wildman–Crippen MR) is 129 cm³/mol. The van der Waals surface area contributed by atoms with Crippen LogP contribution < -0.4 is 19.5 Å². The van der Waals surface area contributed by atoms with Crippen molar-refractivity contribution in [2.75, 3.05) is 27.8 Å². The van der Waals surface area contributed by atoms with Gasteiger partial charge in [-0.3, -0.25) is 4.99 Å². The van der Waals surface area contributed by atoms with Crippen molar-refractivity contribution < 1.29 is 14.2 Å². The van der Waals surface area contributed by atoms with Crippen LogP contribution >= 0.6 is 24.0 Å². The molecule has 0 amide bonds. The molecular weight excluding hydrogens is 495 g/mol. The highest BCUT2D eigenvalue weighted by Gasteiger charge is 2.21. The fourth-order valence-corrected chi connectivity index (χ4v) is 3.40. The van der Waals surface area contributed by atoms with E-state index in [0.717, 1.165) is 42.5 Å². The van der Waals surface area contributed by atoms with Crippen LogP contribution in [0.4, 0.5) is 0 Å². The highest BCUT2D eigenvalue weighted by Crippen LogP contribution is 2.33. The van der Waals surface area contributed by atoms with Crippen LogP contribution in [0.5, 0.6) is 17.4 Å². The third-order valence-corrected chi connectivity index (χ3v) is 4.83. The topological polar surface area (TPSA) is 68.2 Å². The lowest BCUT2D eigenvalue weighted by molar-refractivity contribution is 0.232. The Morgan fingerprint density at radius 1 is 1.17 bits per heavy atom. The fourth-order valence-electron chi connectivity index (χ4n) is 3.40. The smallest absolute Gasteiger partial charge is 0.213 e. The van der Waals surface area contributed by atoms with Crippen LogP contribution in [0.2, 0.25) is 0 Å². The minimum atomic E-state index is 0. The zero-order valence-electron chi connectivity index (χ0n) is 18.3. The molecule has 0 fully saturated rings. The van der Waals surface area contributed by atoms with E-state index in [2.05, 4.69) is 32.3 Å². The van der Waals surface area contributed by atoms with Gasteiger partial charge in [-0.05, 0) is 49.1 Å². The summed E-state index contributed by atoms with van der Waals surface area (Å²) in [5.41, 5.74) is 3.60. The number of benzene rings is 1. The zero-order chi connectivity index (χ0) is 20.8. The number of halogens is 1. The zero-order valence-corrected chi connectivity index (χ0v) is 20.6. The van der Waals surface area contributed by atoms with Crippen molar-refractivity contribution >= 4 is 29.9 Å². The second-order valence-electron chi connectivity index (χ2n) is 7.22. The normalized spacial score (nSPS) is 13.4. The quantitative estimate of drug-likeness (QED) is 0.352. The van der Waals surface area contributed by atoms with E-state index in [4.69, 9.17) is 14.2 Å². The Hall–Kier alpha value is -2.23. The SMILES string of the molecule is CN=C(NCc1ccc(OC(C)C)nc1)N1CCc2cc(OC)c(OC)cc2C1.I. The van der Waals surface area contributed by atoms with Crippen molar-refractivity contribution in [2.45, 2.75) is 39.5 Å². The summed E-state index contributed by atoms with van der Waals surface area (Å²) in [5.74, 6) is 3.04. The van der Waals surface area contributed by atoms with Crippen LogP contribution in [-0.2, 0) is 19.5 Å². The Balaban J connectivity index is 0.00000320. The summed E-state index contributed by atoms with van der Waals surface area (Å²) in [6.45, 7) is 6.29. The molecule has 1 aromatic carbocycles. The summed E-state index contributed by atoms with van der Waals surface area (Å²) in [5, 5.41) is 3.44. The Bertz CT molecular complexity index is 856. The van der Waals surface area contributed by atoms with Crippen molar-refractivity contribution in [1.29, 1.82) is 0 Å². The molecule has 164 valence electrons. The summed E-state index contributed by atoms with van der Waals surface area (Å²) < 4.78 is 16.5. The van der Waals surface area contributed by atoms with Gasteiger partial charge in [0.15, 0.2) is 17.5 Å². The Morgan fingerprint density at radius 3 is 2.43 bits per heavy atom. The van der Waals surface area contributed by atoms with Crippen LogP contribution in [0.1, 0.15) is 30.5 Å². The minimum absolute atomic E-state index is 0. The summed E-state index contributed by atoms with van der Waals surface area (Å²) in [4.78, 5) is 11.1. The molecule has 2 heterocycles. The van der Waals surface area contributed by atoms with Gasteiger partial charge in [0, 0.05) is 38.9 Å². The number of aromatic nitrogens is 1. The van der Waals surface area contributed by atoms with Crippen molar-refractivity contribution in [2.24, 2.45) is 4.99 Å². The highest BCUT2D eigenvalue weighted by atomic mass is 127. The summed E-state index contributed by atoms with van der Waals surface area (Å²) in [7, 11) is 5.14. The monoisotopic (exact) mass is 526 g/mol. The standard InChI is InChI=1S/C22H30N4O3.HI/c1-15(2)29-21-7-6-16(12-24-21)13-25-22(23-3)26-9-8-17-10-19(27-4)20(28-5)11-18(17)14-26;/h6-7,10-12,15H,8-9,13-14H2,1-5H3,(H,23,25);1H. The molecule has 0 saturated carbocycles. The largest absolute Gasteiger partial charge is 0.493 e. The molecule has 0 unspecified atom stereocenters. The number of hydrogen-bond acceptors (Lipinski definition) is 5. The molecule has 8 heteroatoms. The first-order valence-electron chi connectivity index (χ1n) is 9.85. The first-order valence-corrected chi connectivity index (χ1v) is 9.85. The highest BCUT2D eigenvalue weighted by molar-refractivity contribution is 14.0. The van der Waals surface area contributed by atoms with E-state index < -0.39 is 0 Å². The molecule has 0 aliphatic carbocycles. The molecule has 7 nitrogen and oxygen atoms in total. The van der Waals surface area contributed by atoms with Gasteiger partial charge in [-0.25, -0.2) is 4.98 Å². The van der Waals surface area contributed by atoms with Crippen LogP contribution in [0.3, 0.4) is 0 Å². The summed E-state index contributed by atoms with van der Waals surface area (Å²) in [6.07, 6.45) is 2.88. The van der Waals surface area contributed by atoms with Gasteiger partial charge in [0.05, 0.1) is 20.3 Å². The lowest BCUT2D eigenvalue weighted by Gasteiger charge is -2.32. The second-order valence-corrected chi connectivity index (χ2v) is 7.22. The number of aliphatic imine (C=N–C) groups is 1. The number of pyridine rings is 1. The fraction of sp³-hybridized carbons (Fsp3) is 0.455. The molecule has 30 heavy (non-hydrogen) atoms. The van der Waals surface area contributed by atoms with Gasteiger partial charge < -0.3 is 24.4 Å². The molecule has 1 N–H and O–H groups in total. The molecule has 0 saturated heterocycles. The van der Waals surface area contributed by atoms with E-state index in [1.807, 2.05) is 39.2 Å². The molecule has 1 aliphatic rings. The van der Waals surface area contributed by atoms with Crippen molar-refractivity contribution in [3.63, 3.8) is 0 Å². The molecule has 3 rings (SSSR count). The molecular formula is C22H31IN4O3. The third kappa shape index (κ3) is 5.90. The van der Waals surface area contributed by atoms with Crippen LogP contribution in [0.25, 0.3) is 0 Å². The van der Waals surface area contributed by atoms with Gasteiger partial charge in [-0.1, -0.05) is 6.07 Å². The number of nitrogens with one attached hydrogen (secondary N) is 1. The van der Waals surface area contributed by atoms with Crippen LogP contribution in [-0.4, -0.2) is 49.8 Å². The van der Waals surface area contributed by atoms with Gasteiger partial charge in [0.25, 0.3) is 0 Å². The molecule has 0 bridgehead atoms. The number of hydrogen-bond donors (Lipinski definition) is 1. The molecule has 0 radical (unpaired) electrons. The van der Waals surface area contributed by atoms with E-state index in [1.165, 1.54) is 11.1 Å². The molecule has 0 spiro atoms. The maximum Gasteiger partial charge on any atom is 0.213 e. The first kappa shape index (κ1) is 24.0. The molecule has 0 atom stereocenters. The van der Waals surface area contributed by atoms with Gasteiger partial charge in [-0.15, -0.1) is 24.0 Å². The van der Waals surface area contributed by atoms with E-state index in [0.29, 0.717) is 12.4 Å². The number of fused-ring (bicyclic) bond motifs is 1. The lowest BCUT2D eigenvalue weighted by atomic mass is 9.99. The van der Waals surface area contributed by atoms with E-state index >= 15 is 0 Å². The number of guanidine groups is 1. The minimum Gasteiger partial charge on any atom is -0.493 e. The number of methoxy groups -OCH3 is 2. The van der Waals surface area contributed by atoms with E-state index in [9.17, 15) is 0 Å². The Morgan fingerprint density at radius 2 is 1.87 bits per heavy atom. The number of rotatable bonds is 6. The van der Waals surface area contributed by atoms with E-state index in [-0.39, 0.29) is 30.1 Å². The first-order chi connectivity index (χ1) is 14.0. The predicted octanol–water partition coefficient (Wildman–Crippen LogP) is 3.64. The molecule has 2 aromatic rings. The van der Waals surface area contributed by atoms with Gasteiger partial charge >= 0.3 is 0 Å². The summed E-state index contributed by atoms with van der Waals surface area (Å²) in [6, 6.07) is 8.06. The lowest BCUT2D eigenvalue weighted by Crippen LogP contribution is -2.43. The van der Waals surface area contributed by atoms with E-state index in [1.54, 1.807) is 14.2 Å². The van der Waals surface area contributed by atoms with Gasteiger partial charge in [0.2, 0.25) is 5.88 Å². The van der Waals surface area contributed by atoms with Crippen molar-refractivity contribution in [1.82, 2.24) is 15.2 Å². The second kappa shape index (κ2) is 11.2. The number of ether oxygens (including phenoxy) is 3. The maximum absolute atomic E-state index is 5.60. The van der Waals surface area contributed by atoms with Gasteiger partial charge in [-0.2, -0.15) is 0 Å². The summed E-state index contributed by atoms with van der Waals surface area (Å²) >= 11 is 0. The molecule has 1 aromatic heterocycles. The van der Waals surface area contributed by atoms with Crippen LogP contribution in [0, 0.1) is 0 Å². The van der Waals surface area contributed by atoms with Crippen molar-refractivity contribution in [3.05, 3.63) is 47.2 Å². The molecule has 1 aliphatic heterocycles.